The second kappa shape index (κ2) is 6.57. The summed E-state index contributed by atoms with van der Waals surface area (Å²) < 4.78 is 0.811. The first-order valence-corrected chi connectivity index (χ1v) is 8.49. The van der Waals surface area contributed by atoms with Gasteiger partial charge in [0.1, 0.15) is 0 Å². The van der Waals surface area contributed by atoms with Crippen LogP contribution in [0, 0.1) is 0 Å². The first-order chi connectivity index (χ1) is 9.12. The van der Waals surface area contributed by atoms with E-state index in [0.717, 1.165) is 36.7 Å². The van der Waals surface area contributed by atoms with E-state index in [-0.39, 0.29) is 11.6 Å². The van der Waals surface area contributed by atoms with Gasteiger partial charge in [-0.1, -0.05) is 38.3 Å². The van der Waals surface area contributed by atoms with Crippen LogP contribution in [0.3, 0.4) is 0 Å². The largest absolute Gasteiger partial charge is 0.391 e. The molecular formula is C15H24ClNOS. The van der Waals surface area contributed by atoms with Crippen molar-refractivity contribution < 1.29 is 5.11 Å². The zero-order valence-corrected chi connectivity index (χ0v) is 13.4. The third-order valence-corrected chi connectivity index (χ3v) is 5.76. The van der Waals surface area contributed by atoms with Gasteiger partial charge in [0, 0.05) is 16.8 Å². The van der Waals surface area contributed by atoms with Gasteiger partial charge < -0.3 is 5.11 Å². The van der Waals surface area contributed by atoms with Crippen LogP contribution in [-0.4, -0.2) is 34.7 Å². The Hall–Kier alpha value is -0.0900. The number of rotatable bonds is 6. The predicted molar refractivity (Wildman–Crippen MR) is 83.2 cm³/mol. The number of thiophene rings is 1. The molecule has 4 heteroatoms. The van der Waals surface area contributed by atoms with E-state index in [9.17, 15) is 5.11 Å². The number of aliphatic hydroxyl groups is 1. The minimum atomic E-state index is -0.287. The van der Waals surface area contributed by atoms with Crippen molar-refractivity contribution in [2.75, 3.05) is 13.1 Å². The van der Waals surface area contributed by atoms with Crippen LogP contribution in [0.1, 0.15) is 44.4 Å². The first-order valence-electron chi connectivity index (χ1n) is 7.29. The van der Waals surface area contributed by atoms with Crippen LogP contribution in [0.2, 0.25) is 4.34 Å². The van der Waals surface area contributed by atoms with Crippen molar-refractivity contribution in [3.8, 4) is 0 Å². The summed E-state index contributed by atoms with van der Waals surface area (Å²) in [6.07, 6.45) is 5.15. The van der Waals surface area contributed by atoms with Crippen molar-refractivity contribution in [2.24, 2.45) is 0 Å². The molecule has 0 aromatic carbocycles. The molecule has 1 aromatic rings. The topological polar surface area (TPSA) is 23.5 Å². The Kier molecular flexibility index (Phi) is 5.29. The van der Waals surface area contributed by atoms with Crippen LogP contribution in [0.15, 0.2) is 12.1 Å². The zero-order chi connectivity index (χ0) is 13.9. The van der Waals surface area contributed by atoms with E-state index in [1.165, 1.54) is 17.7 Å². The van der Waals surface area contributed by atoms with Crippen LogP contribution in [0.5, 0.6) is 0 Å². The van der Waals surface area contributed by atoms with Gasteiger partial charge in [0.2, 0.25) is 0 Å². The van der Waals surface area contributed by atoms with Crippen molar-refractivity contribution in [1.29, 1.82) is 0 Å². The molecule has 1 fully saturated rings. The molecule has 0 aliphatic heterocycles. The van der Waals surface area contributed by atoms with Crippen molar-refractivity contribution in [3.63, 3.8) is 0 Å². The van der Waals surface area contributed by atoms with Gasteiger partial charge in [-0.15, -0.1) is 11.3 Å². The summed E-state index contributed by atoms with van der Waals surface area (Å²) in [5.74, 6) is 0. The minimum absolute atomic E-state index is 0.0139. The second-order valence-electron chi connectivity index (χ2n) is 5.41. The number of aliphatic hydroxyl groups excluding tert-OH is 1. The molecule has 1 aromatic heterocycles. The standard InChI is InChI=1S/C15H24ClNOS/c1-3-17(4-2)15(9-5-6-10-15)13(18)11-12-7-8-14(16)19-12/h7-8,13,18H,3-6,9-11H2,1-2H3. The van der Waals surface area contributed by atoms with Crippen LogP contribution < -0.4 is 0 Å². The molecular weight excluding hydrogens is 278 g/mol. The fourth-order valence-electron chi connectivity index (χ4n) is 3.54. The molecule has 1 aliphatic rings. The van der Waals surface area contributed by atoms with Crippen molar-refractivity contribution >= 4 is 22.9 Å². The lowest BCUT2D eigenvalue weighted by Crippen LogP contribution is -2.55. The molecule has 0 bridgehead atoms. The lowest BCUT2D eigenvalue weighted by atomic mass is 9.86. The van der Waals surface area contributed by atoms with Gasteiger partial charge in [0.25, 0.3) is 0 Å². The van der Waals surface area contributed by atoms with Crippen LogP contribution >= 0.6 is 22.9 Å². The third kappa shape index (κ3) is 3.15. The summed E-state index contributed by atoms with van der Waals surface area (Å²) in [6.45, 7) is 6.41. The van der Waals surface area contributed by atoms with Crippen molar-refractivity contribution in [2.45, 2.75) is 57.6 Å². The smallest absolute Gasteiger partial charge is 0.0931 e. The normalized spacial score (nSPS) is 20.1. The SMILES string of the molecule is CCN(CC)C1(C(O)Cc2ccc(Cl)s2)CCCC1. The maximum Gasteiger partial charge on any atom is 0.0931 e. The van der Waals surface area contributed by atoms with E-state index in [1.807, 2.05) is 12.1 Å². The summed E-state index contributed by atoms with van der Waals surface area (Å²) in [6, 6.07) is 3.97. The Labute approximate surface area is 125 Å². The van der Waals surface area contributed by atoms with Gasteiger partial charge in [-0.05, 0) is 38.1 Å². The van der Waals surface area contributed by atoms with Crippen molar-refractivity contribution in [3.05, 3.63) is 21.3 Å². The summed E-state index contributed by atoms with van der Waals surface area (Å²) in [4.78, 5) is 3.65. The van der Waals surface area contributed by atoms with E-state index in [0.29, 0.717) is 0 Å². The molecule has 0 saturated heterocycles. The number of hydrogen-bond acceptors (Lipinski definition) is 3. The summed E-state index contributed by atoms with van der Waals surface area (Å²) in [7, 11) is 0. The number of hydrogen-bond donors (Lipinski definition) is 1. The Bertz CT molecular complexity index is 397. The van der Waals surface area contributed by atoms with E-state index in [1.54, 1.807) is 11.3 Å². The molecule has 1 unspecified atom stereocenters. The molecule has 0 radical (unpaired) electrons. The Morgan fingerprint density at radius 1 is 1.32 bits per heavy atom. The maximum absolute atomic E-state index is 10.8. The second-order valence-corrected chi connectivity index (χ2v) is 7.21. The van der Waals surface area contributed by atoms with Crippen LogP contribution in [-0.2, 0) is 6.42 Å². The molecule has 1 N–H and O–H groups in total. The Morgan fingerprint density at radius 3 is 2.42 bits per heavy atom. The average molecular weight is 302 g/mol. The van der Waals surface area contributed by atoms with Gasteiger partial charge >= 0.3 is 0 Å². The van der Waals surface area contributed by atoms with E-state index in [2.05, 4.69) is 18.7 Å². The third-order valence-electron chi connectivity index (χ3n) is 4.51. The average Bonchev–Trinajstić information content (AvgIpc) is 3.01. The molecule has 19 heavy (non-hydrogen) atoms. The van der Waals surface area contributed by atoms with Crippen LogP contribution in [0.25, 0.3) is 0 Å². The highest BCUT2D eigenvalue weighted by Gasteiger charge is 2.44. The fraction of sp³-hybridized carbons (Fsp3) is 0.733. The summed E-state index contributed by atoms with van der Waals surface area (Å²) >= 11 is 7.57. The van der Waals surface area contributed by atoms with Gasteiger partial charge in [0.15, 0.2) is 0 Å². The quantitative estimate of drug-likeness (QED) is 0.860. The molecule has 108 valence electrons. The monoisotopic (exact) mass is 301 g/mol. The van der Waals surface area contributed by atoms with E-state index >= 15 is 0 Å². The molecule has 0 amide bonds. The predicted octanol–water partition coefficient (Wildman–Crippen LogP) is 3.96. The highest BCUT2D eigenvalue weighted by Crippen LogP contribution is 2.39. The number of halogens is 1. The molecule has 1 atom stereocenters. The number of nitrogens with zero attached hydrogens (tertiary/aromatic N) is 1. The fourth-order valence-corrected chi connectivity index (χ4v) is 4.67. The molecule has 1 saturated carbocycles. The van der Waals surface area contributed by atoms with Gasteiger partial charge in [-0.2, -0.15) is 0 Å². The van der Waals surface area contributed by atoms with E-state index in [4.69, 9.17) is 11.6 Å². The van der Waals surface area contributed by atoms with Gasteiger partial charge in [-0.25, -0.2) is 0 Å². The summed E-state index contributed by atoms with van der Waals surface area (Å²) in [5, 5.41) is 10.8. The molecule has 2 rings (SSSR count). The maximum atomic E-state index is 10.8. The highest BCUT2D eigenvalue weighted by molar-refractivity contribution is 7.16. The first kappa shape index (κ1) is 15.3. The lowest BCUT2D eigenvalue weighted by Gasteiger charge is -2.44. The Balaban J connectivity index is 2.14. The van der Waals surface area contributed by atoms with Gasteiger partial charge in [0.05, 0.1) is 10.4 Å². The molecule has 1 heterocycles. The minimum Gasteiger partial charge on any atom is -0.391 e. The molecule has 2 nitrogen and oxygen atoms in total. The zero-order valence-electron chi connectivity index (χ0n) is 11.9. The molecule has 1 aliphatic carbocycles. The van der Waals surface area contributed by atoms with Crippen molar-refractivity contribution in [1.82, 2.24) is 4.90 Å². The Morgan fingerprint density at radius 2 is 1.95 bits per heavy atom. The van der Waals surface area contributed by atoms with Crippen LogP contribution in [0.4, 0.5) is 0 Å². The number of likely N-dealkylation sites (N-methyl/N-ethyl adjacent to an activating group) is 1. The van der Waals surface area contributed by atoms with E-state index < -0.39 is 0 Å². The summed E-state index contributed by atoms with van der Waals surface area (Å²) in [5.41, 5.74) is -0.0139. The molecule has 0 spiro atoms. The van der Waals surface area contributed by atoms with Gasteiger partial charge in [-0.3, -0.25) is 4.90 Å². The highest BCUT2D eigenvalue weighted by atomic mass is 35.5. The lowest BCUT2D eigenvalue weighted by molar-refractivity contribution is -0.0240.